The molecule has 0 amide bonds. The van der Waals surface area contributed by atoms with Gasteiger partial charge in [-0.05, 0) is 19.1 Å². The van der Waals surface area contributed by atoms with Crippen molar-refractivity contribution in [3.63, 3.8) is 0 Å². The summed E-state index contributed by atoms with van der Waals surface area (Å²) in [5.41, 5.74) is 1.27. The molecular weight excluding hydrogens is 206 g/mol. The van der Waals surface area contributed by atoms with E-state index in [1.54, 1.807) is 0 Å². The Bertz CT molecular complexity index is 311. The van der Waals surface area contributed by atoms with Gasteiger partial charge in [-0.25, -0.2) is 4.98 Å². The molecule has 0 radical (unpaired) electrons. The molecule has 1 aliphatic carbocycles. The Hall–Kier alpha value is -0.480. The van der Waals surface area contributed by atoms with E-state index in [2.05, 4.69) is 21.1 Å². The van der Waals surface area contributed by atoms with Crippen molar-refractivity contribution >= 4 is 11.8 Å². The Kier molecular flexibility index (Phi) is 3.70. The standard InChI is InChI=1S/C11H19N3S/c1-14-8-12-6-9(14)7-13-10-4-3-5-11(10)15-2/h6,8,10-11,13H,3-5,7H2,1-2H3. The lowest BCUT2D eigenvalue weighted by atomic mass is 10.2. The topological polar surface area (TPSA) is 29.9 Å². The quantitative estimate of drug-likeness (QED) is 0.847. The SMILES string of the molecule is CSC1CCCC1NCc1cncn1C. The van der Waals surface area contributed by atoms with Gasteiger partial charge >= 0.3 is 0 Å². The van der Waals surface area contributed by atoms with Gasteiger partial charge in [0, 0.05) is 31.1 Å². The molecule has 2 unspecified atom stereocenters. The molecule has 4 heteroatoms. The highest BCUT2D eigenvalue weighted by Gasteiger charge is 2.25. The van der Waals surface area contributed by atoms with Crippen molar-refractivity contribution in [2.24, 2.45) is 7.05 Å². The molecule has 0 aliphatic heterocycles. The summed E-state index contributed by atoms with van der Waals surface area (Å²) >= 11 is 2.00. The Labute approximate surface area is 95.7 Å². The predicted molar refractivity (Wildman–Crippen MR) is 65.0 cm³/mol. The van der Waals surface area contributed by atoms with Crippen LogP contribution in [0.2, 0.25) is 0 Å². The Morgan fingerprint density at radius 3 is 3.13 bits per heavy atom. The van der Waals surface area contributed by atoms with Crippen molar-refractivity contribution in [2.45, 2.75) is 37.1 Å². The van der Waals surface area contributed by atoms with Crippen LogP contribution in [0.25, 0.3) is 0 Å². The van der Waals surface area contributed by atoms with Crippen LogP contribution >= 0.6 is 11.8 Å². The molecule has 1 aromatic rings. The summed E-state index contributed by atoms with van der Waals surface area (Å²) in [5, 5.41) is 4.45. The van der Waals surface area contributed by atoms with Crippen molar-refractivity contribution < 1.29 is 0 Å². The van der Waals surface area contributed by atoms with Crippen molar-refractivity contribution in [1.82, 2.24) is 14.9 Å². The summed E-state index contributed by atoms with van der Waals surface area (Å²) in [5.74, 6) is 0. The van der Waals surface area contributed by atoms with Crippen LogP contribution in [0.3, 0.4) is 0 Å². The number of nitrogens with one attached hydrogen (secondary N) is 1. The second kappa shape index (κ2) is 5.03. The molecule has 0 aromatic carbocycles. The van der Waals surface area contributed by atoms with Gasteiger partial charge in [0.1, 0.15) is 0 Å². The minimum absolute atomic E-state index is 0.690. The van der Waals surface area contributed by atoms with E-state index in [1.165, 1.54) is 25.0 Å². The summed E-state index contributed by atoms with van der Waals surface area (Å²) in [6, 6.07) is 0.690. The van der Waals surface area contributed by atoms with Gasteiger partial charge in [0.2, 0.25) is 0 Å². The van der Waals surface area contributed by atoms with Crippen LogP contribution in [0.1, 0.15) is 25.0 Å². The molecule has 1 fully saturated rings. The first-order chi connectivity index (χ1) is 7.31. The third-order valence-electron chi connectivity index (χ3n) is 3.22. The molecule has 2 rings (SSSR count). The van der Waals surface area contributed by atoms with Crippen LogP contribution in [-0.2, 0) is 13.6 Å². The zero-order chi connectivity index (χ0) is 10.7. The van der Waals surface area contributed by atoms with E-state index in [1.807, 2.05) is 31.3 Å². The van der Waals surface area contributed by atoms with Crippen molar-refractivity contribution in [1.29, 1.82) is 0 Å². The highest BCUT2D eigenvalue weighted by molar-refractivity contribution is 7.99. The van der Waals surface area contributed by atoms with Crippen LogP contribution in [0.5, 0.6) is 0 Å². The number of imidazole rings is 1. The maximum Gasteiger partial charge on any atom is 0.0945 e. The largest absolute Gasteiger partial charge is 0.337 e. The summed E-state index contributed by atoms with van der Waals surface area (Å²) in [6.45, 7) is 0.943. The molecular formula is C11H19N3S. The highest BCUT2D eigenvalue weighted by Crippen LogP contribution is 2.28. The number of aryl methyl sites for hydroxylation is 1. The third-order valence-corrected chi connectivity index (χ3v) is 4.39. The summed E-state index contributed by atoms with van der Waals surface area (Å²) < 4.78 is 2.08. The number of hydrogen-bond donors (Lipinski definition) is 1. The second-order valence-corrected chi connectivity index (χ2v) is 5.27. The van der Waals surface area contributed by atoms with E-state index in [4.69, 9.17) is 0 Å². The average Bonchev–Trinajstić information content (AvgIpc) is 2.83. The van der Waals surface area contributed by atoms with E-state index in [-0.39, 0.29) is 0 Å². The third kappa shape index (κ3) is 2.55. The van der Waals surface area contributed by atoms with Gasteiger partial charge in [-0.1, -0.05) is 6.42 Å². The maximum absolute atomic E-state index is 4.12. The molecule has 15 heavy (non-hydrogen) atoms. The number of nitrogens with zero attached hydrogens (tertiary/aromatic N) is 2. The average molecular weight is 225 g/mol. The van der Waals surface area contributed by atoms with Gasteiger partial charge < -0.3 is 9.88 Å². The van der Waals surface area contributed by atoms with Crippen LogP contribution in [0.15, 0.2) is 12.5 Å². The number of rotatable bonds is 4. The monoisotopic (exact) mass is 225 g/mol. The smallest absolute Gasteiger partial charge is 0.0945 e. The van der Waals surface area contributed by atoms with Gasteiger partial charge in [0.15, 0.2) is 0 Å². The molecule has 1 heterocycles. The summed E-state index contributed by atoms with van der Waals surface area (Å²) in [4.78, 5) is 4.12. The molecule has 2 atom stereocenters. The molecule has 0 saturated heterocycles. The van der Waals surface area contributed by atoms with Crippen LogP contribution in [0.4, 0.5) is 0 Å². The van der Waals surface area contributed by atoms with Gasteiger partial charge in [-0.2, -0.15) is 11.8 Å². The van der Waals surface area contributed by atoms with Crippen LogP contribution in [-0.4, -0.2) is 27.1 Å². The lowest BCUT2D eigenvalue weighted by molar-refractivity contribution is 0.521. The fourth-order valence-electron chi connectivity index (χ4n) is 2.23. The first kappa shape index (κ1) is 11.0. The van der Waals surface area contributed by atoms with E-state index in [9.17, 15) is 0 Å². The molecule has 84 valence electrons. The van der Waals surface area contributed by atoms with E-state index in [0.717, 1.165) is 11.8 Å². The fourth-order valence-corrected chi connectivity index (χ4v) is 3.20. The zero-order valence-corrected chi connectivity index (χ0v) is 10.3. The lowest BCUT2D eigenvalue weighted by Gasteiger charge is -2.19. The molecule has 1 aliphatic rings. The molecule has 0 spiro atoms. The highest BCUT2D eigenvalue weighted by atomic mass is 32.2. The van der Waals surface area contributed by atoms with Gasteiger partial charge in [-0.15, -0.1) is 0 Å². The van der Waals surface area contributed by atoms with Crippen molar-refractivity contribution in [3.8, 4) is 0 Å². The molecule has 1 aromatic heterocycles. The van der Waals surface area contributed by atoms with E-state index in [0.29, 0.717) is 6.04 Å². The summed E-state index contributed by atoms with van der Waals surface area (Å²) in [6.07, 6.45) is 10.1. The fraction of sp³-hybridized carbons (Fsp3) is 0.727. The van der Waals surface area contributed by atoms with Gasteiger partial charge in [-0.3, -0.25) is 0 Å². The number of hydrogen-bond acceptors (Lipinski definition) is 3. The first-order valence-electron chi connectivity index (χ1n) is 5.52. The predicted octanol–water partition coefficient (Wildman–Crippen LogP) is 1.79. The molecule has 1 N–H and O–H groups in total. The zero-order valence-electron chi connectivity index (χ0n) is 9.44. The second-order valence-electron chi connectivity index (χ2n) is 4.19. The Morgan fingerprint density at radius 2 is 2.47 bits per heavy atom. The number of thioether (sulfide) groups is 1. The minimum atomic E-state index is 0.690. The van der Waals surface area contributed by atoms with Gasteiger partial charge in [0.25, 0.3) is 0 Å². The lowest BCUT2D eigenvalue weighted by Crippen LogP contribution is -2.33. The normalized spacial score (nSPS) is 26.0. The Balaban J connectivity index is 1.85. The van der Waals surface area contributed by atoms with Crippen molar-refractivity contribution in [2.75, 3.05) is 6.26 Å². The number of aromatic nitrogens is 2. The van der Waals surface area contributed by atoms with E-state index >= 15 is 0 Å². The minimum Gasteiger partial charge on any atom is -0.337 e. The molecule has 1 saturated carbocycles. The van der Waals surface area contributed by atoms with Crippen LogP contribution in [0, 0.1) is 0 Å². The molecule has 3 nitrogen and oxygen atoms in total. The van der Waals surface area contributed by atoms with E-state index < -0.39 is 0 Å². The maximum atomic E-state index is 4.12. The van der Waals surface area contributed by atoms with Crippen LogP contribution < -0.4 is 5.32 Å². The first-order valence-corrected chi connectivity index (χ1v) is 6.81. The summed E-state index contributed by atoms with van der Waals surface area (Å²) in [7, 11) is 2.05. The Morgan fingerprint density at radius 1 is 1.60 bits per heavy atom. The van der Waals surface area contributed by atoms with Crippen molar-refractivity contribution in [3.05, 3.63) is 18.2 Å². The van der Waals surface area contributed by atoms with Gasteiger partial charge in [0.05, 0.1) is 12.0 Å². The molecule has 0 bridgehead atoms.